The molecular weight excluding hydrogens is 216 g/mol. The first-order valence-electron chi connectivity index (χ1n) is 4.23. The summed E-state index contributed by atoms with van der Waals surface area (Å²) in [5.74, 6) is -0.696. The van der Waals surface area contributed by atoms with Crippen LogP contribution in [0, 0.1) is 0 Å². The highest BCUT2D eigenvalue weighted by molar-refractivity contribution is 7.98. The standard InChI is InChI=1S/C10H12O4S/c1-14-10(13)8(12)6-4-3-5-7(11)9(6)15-2/h3-5,8,11-12H,1-2H3. The molecule has 0 aliphatic carbocycles. The number of phenolic OH excluding ortho intramolecular Hbond substituents is 1. The Balaban J connectivity index is 3.13. The van der Waals surface area contributed by atoms with E-state index in [0.29, 0.717) is 10.5 Å². The van der Waals surface area contributed by atoms with E-state index in [1.54, 1.807) is 18.4 Å². The number of thioether (sulfide) groups is 1. The summed E-state index contributed by atoms with van der Waals surface area (Å²) >= 11 is 1.26. The van der Waals surface area contributed by atoms with E-state index in [1.165, 1.54) is 24.9 Å². The van der Waals surface area contributed by atoms with E-state index in [0.717, 1.165) is 0 Å². The Morgan fingerprint density at radius 1 is 1.53 bits per heavy atom. The summed E-state index contributed by atoms with van der Waals surface area (Å²) in [6, 6.07) is 4.64. The van der Waals surface area contributed by atoms with Gasteiger partial charge in [0.05, 0.1) is 12.0 Å². The van der Waals surface area contributed by atoms with Crippen LogP contribution in [0.2, 0.25) is 0 Å². The van der Waals surface area contributed by atoms with E-state index in [2.05, 4.69) is 4.74 Å². The third-order valence-electron chi connectivity index (χ3n) is 1.95. The Labute approximate surface area is 91.9 Å². The Kier molecular flexibility index (Phi) is 3.99. The molecule has 82 valence electrons. The predicted octanol–water partition coefficient (Wildman–Crippen LogP) is 1.32. The van der Waals surface area contributed by atoms with Gasteiger partial charge < -0.3 is 14.9 Å². The molecule has 0 heterocycles. The van der Waals surface area contributed by atoms with Crippen LogP contribution in [-0.4, -0.2) is 29.5 Å². The number of esters is 1. The van der Waals surface area contributed by atoms with Crippen molar-refractivity contribution in [1.82, 2.24) is 0 Å². The Morgan fingerprint density at radius 3 is 2.73 bits per heavy atom. The number of ether oxygens (including phenoxy) is 1. The van der Waals surface area contributed by atoms with Gasteiger partial charge in [0.25, 0.3) is 0 Å². The molecule has 0 aliphatic heterocycles. The lowest BCUT2D eigenvalue weighted by atomic mass is 10.1. The fourth-order valence-corrected chi connectivity index (χ4v) is 1.91. The number of phenols is 1. The first-order valence-corrected chi connectivity index (χ1v) is 5.46. The van der Waals surface area contributed by atoms with Crippen LogP contribution in [0.25, 0.3) is 0 Å². The monoisotopic (exact) mass is 228 g/mol. The highest BCUT2D eigenvalue weighted by atomic mass is 32.2. The molecule has 0 aliphatic rings. The molecule has 1 rings (SSSR count). The van der Waals surface area contributed by atoms with Gasteiger partial charge in [-0.2, -0.15) is 0 Å². The van der Waals surface area contributed by atoms with Gasteiger partial charge in [-0.25, -0.2) is 4.79 Å². The third kappa shape index (κ3) is 2.43. The van der Waals surface area contributed by atoms with Gasteiger partial charge in [0.15, 0.2) is 6.10 Å². The zero-order valence-corrected chi connectivity index (χ0v) is 9.25. The van der Waals surface area contributed by atoms with Gasteiger partial charge in [-0.15, -0.1) is 11.8 Å². The summed E-state index contributed by atoms with van der Waals surface area (Å²) in [7, 11) is 1.20. The third-order valence-corrected chi connectivity index (χ3v) is 2.80. The summed E-state index contributed by atoms with van der Waals surface area (Å²) < 4.78 is 4.43. The first kappa shape index (κ1) is 11.9. The number of benzene rings is 1. The normalized spacial score (nSPS) is 12.2. The van der Waals surface area contributed by atoms with Gasteiger partial charge in [-0.3, -0.25) is 0 Å². The summed E-state index contributed by atoms with van der Waals surface area (Å²) in [6.45, 7) is 0. The number of rotatable bonds is 3. The highest BCUT2D eigenvalue weighted by Crippen LogP contribution is 2.33. The van der Waals surface area contributed by atoms with Gasteiger partial charge >= 0.3 is 5.97 Å². The number of hydrogen-bond donors (Lipinski definition) is 2. The SMILES string of the molecule is COC(=O)C(O)c1cccc(O)c1SC. The van der Waals surface area contributed by atoms with E-state index in [1.807, 2.05) is 0 Å². The van der Waals surface area contributed by atoms with Crippen LogP contribution in [0.4, 0.5) is 0 Å². The molecule has 1 aromatic carbocycles. The van der Waals surface area contributed by atoms with Crippen molar-refractivity contribution < 1.29 is 19.7 Å². The van der Waals surface area contributed by atoms with Crippen molar-refractivity contribution in [1.29, 1.82) is 0 Å². The van der Waals surface area contributed by atoms with Crippen molar-refractivity contribution in [3.05, 3.63) is 23.8 Å². The average molecular weight is 228 g/mol. The second-order valence-corrected chi connectivity index (χ2v) is 3.64. The van der Waals surface area contributed by atoms with Crippen molar-refractivity contribution in [2.45, 2.75) is 11.0 Å². The minimum absolute atomic E-state index is 0.0444. The van der Waals surface area contributed by atoms with Crippen LogP contribution >= 0.6 is 11.8 Å². The van der Waals surface area contributed by atoms with E-state index in [9.17, 15) is 15.0 Å². The molecule has 0 aromatic heterocycles. The Bertz CT molecular complexity index is 364. The Hall–Kier alpha value is -1.20. The molecule has 4 nitrogen and oxygen atoms in total. The molecule has 5 heteroatoms. The number of carbonyl (C=O) groups excluding carboxylic acids is 1. The predicted molar refractivity (Wildman–Crippen MR) is 56.9 cm³/mol. The molecule has 0 saturated carbocycles. The van der Waals surface area contributed by atoms with Crippen molar-refractivity contribution in [3.8, 4) is 5.75 Å². The number of hydrogen-bond acceptors (Lipinski definition) is 5. The summed E-state index contributed by atoms with van der Waals surface area (Å²) in [4.78, 5) is 11.6. The fraction of sp³-hybridized carbons (Fsp3) is 0.300. The van der Waals surface area contributed by atoms with Gasteiger partial charge in [-0.1, -0.05) is 12.1 Å². The lowest BCUT2D eigenvalue weighted by Crippen LogP contribution is -2.14. The van der Waals surface area contributed by atoms with E-state index >= 15 is 0 Å². The minimum atomic E-state index is -1.36. The first-order chi connectivity index (χ1) is 7.11. The van der Waals surface area contributed by atoms with Crippen molar-refractivity contribution >= 4 is 17.7 Å². The van der Waals surface area contributed by atoms with Crippen LogP contribution < -0.4 is 0 Å². The molecule has 0 amide bonds. The molecule has 1 aromatic rings. The van der Waals surface area contributed by atoms with Crippen molar-refractivity contribution in [2.24, 2.45) is 0 Å². The maximum absolute atomic E-state index is 11.1. The van der Waals surface area contributed by atoms with Crippen LogP contribution in [0.3, 0.4) is 0 Å². The maximum Gasteiger partial charge on any atom is 0.339 e. The van der Waals surface area contributed by atoms with E-state index in [-0.39, 0.29) is 5.75 Å². The molecule has 0 spiro atoms. The Morgan fingerprint density at radius 2 is 2.20 bits per heavy atom. The lowest BCUT2D eigenvalue weighted by molar-refractivity contribution is -0.150. The topological polar surface area (TPSA) is 66.8 Å². The average Bonchev–Trinajstić information content (AvgIpc) is 2.26. The van der Waals surface area contributed by atoms with Crippen LogP contribution in [0.15, 0.2) is 23.1 Å². The number of aliphatic hydroxyl groups excluding tert-OH is 1. The van der Waals surface area contributed by atoms with Gasteiger partial charge in [0, 0.05) is 5.56 Å². The zero-order valence-electron chi connectivity index (χ0n) is 8.43. The molecular formula is C10H12O4S. The molecule has 0 fully saturated rings. The second kappa shape index (κ2) is 5.04. The van der Waals surface area contributed by atoms with Gasteiger partial charge in [0.1, 0.15) is 5.75 Å². The van der Waals surface area contributed by atoms with E-state index < -0.39 is 12.1 Å². The van der Waals surface area contributed by atoms with Crippen LogP contribution in [-0.2, 0) is 9.53 Å². The summed E-state index contributed by atoms with van der Waals surface area (Å²) in [5.41, 5.74) is 0.356. The summed E-state index contributed by atoms with van der Waals surface area (Å²) in [5, 5.41) is 19.1. The molecule has 0 radical (unpaired) electrons. The van der Waals surface area contributed by atoms with Gasteiger partial charge in [0.2, 0.25) is 0 Å². The number of carbonyl (C=O) groups is 1. The second-order valence-electron chi connectivity index (χ2n) is 2.83. The maximum atomic E-state index is 11.1. The minimum Gasteiger partial charge on any atom is -0.507 e. The largest absolute Gasteiger partial charge is 0.507 e. The smallest absolute Gasteiger partial charge is 0.339 e. The van der Waals surface area contributed by atoms with Crippen LogP contribution in [0.1, 0.15) is 11.7 Å². The molecule has 1 unspecified atom stereocenters. The quantitative estimate of drug-likeness (QED) is 0.603. The van der Waals surface area contributed by atoms with Crippen LogP contribution in [0.5, 0.6) is 5.75 Å². The number of aromatic hydroxyl groups is 1. The molecule has 0 bridgehead atoms. The van der Waals surface area contributed by atoms with Crippen molar-refractivity contribution in [3.63, 3.8) is 0 Å². The van der Waals surface area contributed by atoms with E-state index in [4.69, 9.17) is 0 Å². The fourth-order valence-electron chi connectivity index (χ4n) is 1.22. The number of methoxy groups -OCH3 is 1. The summed E-state index contributed by atoms with van der Waals surface area (Å²) in [6.07, 6.45) is 0.396. The van der Waals surface area contributed by atoms with Crippen molar-refractivity contribution in [2.75, 3.05) is 13.4 Å². The number of aliphatic hydroxyl groups is 1. The zero-order chi connectivity index (χ0) is 11.4. The molecule has 15 heavy (non-hydrogen) atoms. The molecule has 0 saturated heterocycles. The lowest BCUT2D eigenvalue weighted by Gasteiger charge is -2.13. The molecule has 1 atom stereocenters. The molecule has 2 N–H and O–H groups in total. The van der Waals surface area contributed by atoms with Gasteiger partial charge in [-0.05, 0) is 12.3 Å². The highest BCUT2D eigenvalue weighted by Gasteiger charge is 2.22.